The fourth-order valence-corrected chi connectivity index (χ4v) is 1.21. The smallest absolute Gasteiger partial charge is 0.118 e. The first-order valence-corrected chi connectivity index (χ1v) is 4.67. The van der Waals surface area contributed by atoms with Crippen molar-refractivity contribution in [3.8, 4) is 5.75 Å². The zero-order chi connectivity index (χ0) is 10.2. The van der Waals surface area contributed by atoms with Gasteiger partial charge in [-0.1, -0.05) is 12.1 Å². The second-order valence-electron chi connectivity index (χ2n) is 2.99. The molecule has 0 aliphatic heterocycles. The second kappa shape index (κ2) is 6.08. The minimum Gasteiger partial charge on any atom is -0.505 e. The fraction of sp³-hybridized carbons (Fsp3) is 0.333. The van der Waals surface area contributed by atoms with Gasteiger partial charge in [-0.15, -0.1) is 0 Å². The van der Waals surface area contributed by atoms with Gasteiger partial charge in [0.15, 0.2) is 0 Å². The molecule has 0 spiro atoms. The van der Waals surface area contributed by atoms with Crippen molar-refractivity contribution in [1.29, 1.82) is 0 Å². The van der Waals surface area contributed by atoms with Crippen molar-refractivity contribution in [2.75, 3.05) is 14.2 Å². The molecule has 0 saturated heterocycles. The predicted molar refractivity (Wildman–Crippen MR) is 57.5 cm³/mol. The normalized spacial score (nSPS) is 10.4. The van der Waals surface area contributed by atoms with E-state index in [1.54, 1.807) is 20.5 Å². The maximum Gasteiger partial charge on any atom is 0.118 e. The van der Waals surface area contributed by atoms with Gasteiger partial charge in [-0.05, 0) is 36.6 Å². The van der Waals surface area contributed by atoms with E-state index in [-0.39, 0.29) is 0 Å². The summed E-state index contributed by atoms with van der Waals surface area (Å²) in [4.78, 5) is 0. The first-order chi connectivity index (χ1) is 6.86. The van der Waals surface area contributed by atoms with Crippen LogP contribution in [0.5, 0.6) is 5.75 Å². The average Bonchev–Trinajstić information content (AvgIpc) is 2.25. The van der Waals surface area contributed by atoms with Gasteiger partial charge in [0, 0.05) is 0 Å². The molecule has 1 aromatic carbocycles. The Morgan fingerprint density at radius 3 is 2.43 bits per heavy atom. The average molecular weight is 192 g/mol. The molecule has 0 saturated carbocycles. The number of allylic oxidation sites excluding steroid dienone is 1. The fourth-order valence-electron chi connectivity index (χ4n) is 1.21. The molecule has 0 unspecified atom stereocenters. The summed E-state index contributed by atoms with van der Waals surface area (Å²) in [7, 11) is 3.33. The van der Waals surface area contributed by atoms with E-state index in [1.165, 1.54) is 5.56 Å². The second-order valence-corrected chi connectivity index (χ2v) is 2.99. The van der Waals surface area contributed by atoms with E-state index in [2.05, 4.69) is 12.1 Å². The SMILES string of the molecule is CO/C=C/CCc1ccc(OC)cc1. The van der Waals surface area contributed by atoms with Gasteiger partial charge in [0.25, 0.3) is 0 Å². The molecule has 0 atom stereocenters. The van der Waals surface area contributed by atoms with E-state index >= 15 is 0 Å². The van der Waals surface area contributed by atoms with E-state index in [0.717, 1.165) is 18.6 Å². The third-order valence-corrected chi connectivity index (χ3v) is 1.99. The summed E-state index contributed by atoms with van der Waals surface area (Å²) in [6.07, 6.45) is 5.76. The largest absolute Gasteiger partial charge is 0.505 e. The molecule has 0 heterocycles. The monoisotopic (exact) mass is 192 g/mol. The minimum atomic E-state index is 0.904. The van der Waals surface area contributed by atoms with Crippen LogP contribution >= 0.6 is 0 Å². The summed E-state index contributed by atoms with van der Waals surface area (Å²) >= 11 is 0. The van der Waals surface area contributed by atoms with Gasteiger partial charge in [0.1, 0.15) is 5.75 Å². The lowest BCUT2D eigenvalue weighted by atomic mass is 10.1. The van der Waals surface area contributed by atoms with Gasteiger partial charge in [0.05, 0.1) is 20.5 Å². The van der Waals surface area contributed by atoms with Crippen molar-refractivity contribution in [3.63, 3.8) is 0 Å². The van der Waals surface area contributed by atoms with Crippen molar-refractivity contribution in [1.82, 2.24) is 0 Å². The Balaban J connectivity index is 2.40. The number of hydrogen-bond donors (Lipinski definition) is 0. The molecule has 2 nitrogen and oxygen atoms in total. The highest BCUT2D eigenvalue weighted by atomic mass is 16.5. The van der Waals surface area contributed by atoms with Crippen LogP contribution in [0.3, 0.4) is 0 Å². The number of rotatable bonds is 5. The van der Waals surface area contributed by atoms with Gasteiger partial charge >= 0.3 is 0 Å². The molecular weight excluding hydrogens is 176 g/mol. The number of benzene rings is 1. The lowest BCUT2D eigenvalue weighted by Crippen LogP contribution is -1.85. The zero-order valence-corrected chi connectivity index (χ0v) is 8.69. The number of hydrogen-bond acceptors (Lipinski definition) is 2. The highest BCUT2D eigenvalue weighted by Gasteiger charge is 1.92. The Labute approximate surface area is 85.2 Å². The van der Waals surface area contributed by atoms with Crippen molar-refractivity contribution < 1.29 is 9.47 Å². The third kappa shape index (κ3) is 3.52. The van der Waals surface area contributed by atoms with Crippen LogP contribution in [-0.4, -0.2) is 14.2 Å². The van der Waals surface area contributed by atoms with Gasteiger partial charge in [-0.2, -0.15) is 0 Å². The summed E-state index contributed by atoms with van der Waals surface area (Å²) in [5, 5.41) is 0. The van der Waals surface area contributed by atoms with Gasteiger partial charge < -0.3 is 9.47 Å². The number of methoxy groups -OCH3 is 2. The van der Waals surface area contributed by atoms with Crippen molar-refractivity contribution >= 4 is 0 Å². The van der Waals surface area contributed by atoms with Gasteiger partial charge in [-0.3, -0.25) is 0 Å². The quantitative estimate of drug-likeness (QED) is 0.668. The lowest BCUT2D eigenvalue weighted by molar-refractivity contribution is 0.336. The summed E-state index contributed by atoms with van der Waals surface area (Å²) in [5.74, 6) is 0.904. The molecule has 1 rings (SSSR count). The Bertz CT molecular complexity index is 275. The summed E-state index contributed by atoms with van der Waals surface area (Å²) < 4.78 is 9.89. The molecule has 14 heavy (non-hydrogen) atoms. The lowest BCUT2D eigenvalue weighted by Gasteiger charge is -2.01. The standard InChI is InChI=1S/C12H16O2/c1-13-10-4-3-5-11-6-8-12(14-2)9-7-11/h4,6-10H,3,5H2,1-2H3/b10-4+. The first kappa shape index (κ1) is 10.6. The summed E-state index contributed by atoms with van der Waals surface area (Å²) in [6.45, 7) is 0. The van der Waals surface area contributed by atoms with E-state index in [0.29, 0.717) is 0 Å². The molecule has 0 fully saturated rings. The highest BCUT2D eigenvalue weighted by Crippen LogP contribution is 2.12. The minimum absolute atomic E-state index is 0.904. The maximum absolute atomic E-state index is 5.08. The molecule has 0 bridgehead atoms. The predicted octanol–water partition coefficient (Wildman–Crippen LogP) is 2.79. The topological polar surface area (TPSA) is 18.5 Å². The Hall–Kier alpha value is -1.44. The van der Waals surface area contributed by atoms with E-state index in [4.69, 9.17) is 9.47 Å². The molecule has 1 aromatic rings. The molecule has 76 valence electrons. The Kier molecular flexibility index (Phi) is 4.62. The maximum atomic E-state index is 5.08. The van der Waals surface area contributed by atoms with E-state index in [1.807, 2.05) is 18.2 Å². The van der Waals surface area contributed by atoms with Crippen LogP contribution in [0.4, 0.5) is 0 Å². The van der Waals surface area contributed by atoms with Gasteiger partial charge in [0.2, 0.25) is 0 Å². The van der Waals surface area contributed by atoms with Crippen LogP contribution in [0.2, 0.25) is 0 Å². The van der Waals surface area contributed by atoms with Crippen LogP contribution in [0.25, 0.3) is 0 Å². The van der Waals surface area contributed by atoms with Crippen molar-refractivity contribution in [2.45, 2.75) is 12.8 Å². The van der Waals surface area contributed by atoms with E-state index < -0.39 is 0 Å². The first-order valence-electron chi connectivity index (χ1n) is 4.67. The van der Waals surface area contributed by atoms with Crippen LogP contribution in [0.15, 0.2) is 36.6 Å². The zero-order valence-electron chi connectivity index (χ0n) is 8.69. The van der Waals surface area contributed by atoms with Crippen molar-refractivity contribution in [2.24, 2.45) is 0 Å². The molecule has 0 aliphatic carbocycles. The molecule has 0 amide bonds. The van der Waals surface area contributed by atoms with Crippen LogP contribution in [-0.2, 0) is 11.2 Å². The van der Waals surface area contributed by atoms with Crippen LogP contribution in [0, 0.1) is 0 Å². The van der Waals surface area contributed by atoms with Crippen molar-refractivity contribution in [3.05, 3.63) is 42.2 Å². The molecule has 0 aromatic heterocycles. The highest BCUT2D eigenvalue weighted by molar-refractivity contribution is 5.27. The molecule has 0 aliphatic rings. The van der Waals surface area contributed by atoms with Crippen LogP contribution < -0.4 is 4.74 Å². The molecule has 0 N–H and O–H groups in total. The Morgan fingerprint density at radius 1 is 1.14 bits per heavy atom. The summed E-state index contributed by atoms with van der Waals surface area (Å²) in [5.41, 5.74) is 1.31. The van der Waals surface area contributed by atoms with E-state index in [9.17, 15) is 0 Å². The third-order valence-electron chi connectivity index (χ3n) is 1.99. The number of aryl methyl sites for hydroxylation is 1. The number of ether oxygens (including phenoxy) is 2. The molecular formula is C12H16O2. The van der Waals surface area contributed by atoms with Crippen LogP contribution in [0.1, 0.15) is 12.0 Å². The van der Waals surface area contributed by atoms with Gasteiger partial charge in [-0.25, -0.2) is 0 Å². The summed E-state index contributed by atoms with van der Waals surface area (Å²) in [6, 6.07) is 8.13. The molecule has 2 heteroatoms. The molecule has 0 radical (unpaired) electrons. The Morgan fingerprint density at radius 2 is 1.86 bits per heavy atom.